The normalized spacial score (nSPS) is 25.2. The molecule has 4 aromatic carbocycles. The lowest BCUT2D eigenvalue weighted by atomic mass is 9.90. The van der Waals surface area contributed by atoms with Crippen LogP contribution in [0.3, 0.4) is 0 Å². The summed E-state index contributed by atoms with van der Waals surface area (Å²) in [6.07, 6.45) is 5.35. The number of alkyl carbamates (subject to hydrolysis) is 1. The van der Waals surface area contributed by atoms with Crippen LogP contribution in [0.4, 0.5) is 23.7 Å². The molecule has 8 aliphatic rings. The number of aliphatic hydroxyl groups excluding tert-OH is 1. The minimum absolute atomic E-state index is 0. The van der Waals surface area contributed by atoms with Gasteiger partial charge in [0.2, 0.25) is 17.7 Å². The number of aromatic nitrogens is 2. The van der Waals surface area contributed by atoms with Gasteiger partial charge in [-0.15, -0.1) is 0 Å². The second-order valence-corrected chi connectivity index (χ2v) is 30.7. The van der Waals surface area contributed by atoms with Gasteiger partial charge in [0, 0.05) is 47.6 Å². The van der Waals surface area contributed by atoms with Crippen LogP contribution in [0.25, 0.3) is 33.5 Å². The molecule has 6 heterocycles. The number of methoxy groups -OCH3 is 2. The maximum absolute atomic E-state index is 16.7. The van der Waals surface area contributed by atoms with Gasteiger partial charge in [-0.05, 0) is 172 Å². The number of allylic oxidation sites excluding steroid dienone is 1. The number of halogens is 3. The molecule has 2 saturated carbocycles. The third-order valence-corrected chi connectivity index (χ3v) is 22.3. The topological polar surface area (TPSA) is 265 Å². The molecule has 1 aromatic heterocycles. The molecular weight excluding hydrogens is 1330 g/mol. The van der Waals surface area contributed by atoms with Crippen molar-refractivity contribution >= 4 is 48.9 Å². The van der Waals surface area contributed by atoms with E-state index in [1.54, 1.807) is 68.6 Å². The van der Waals surface area contributed by atoms with E-state index in [4.69, 9.17) is 38.0 Å². The molecule has 12 atom stereocenters. The monoisotopic (exact) mass is 1430 g/mol. The first-order valence-corrected chi connectivity index (χ1v) is 36.0. The van der Waals surface area contributed by atoms with Crippen LogP contribution in [0.2, 0.25) is 0 Å². The smallest absolute Gasteiger partial charge is 0.459 e. The van der Waals surface area contributed by atoms with Gasteiger partial charge in [0.1, 0.15) is 41.9 Å². The number of carbonyl (C=O) groups is 5. The molecule has 1 spiro atoms. The zero-order chi connectivity index (χ0) is 72.4. The van der Waals surface area contributed by atoms with Crippen LogP contribution in [0.5, 0.6) is 5.75 Å². The lowest BCUT2D eigenvalue weighted by molar-refractivity contribution is -0.149. The summed E-state index contributed by atoms with van der Waals surface area (Å²) in [6.45, 7) is 21.3. The van der Waals surface area contributed by atoms with Gasteiger partial charge in [0.15, 0.2) is 17.8 Å². The number of nitrogens with zero attached hydrogens (tertiary/aromatic N) is 5. The van der Waals surface area contributed by atoms with Crippen molar-refractivity contribution in [3.05, 3.63) is 151 Å². The molecule has 0 radical (unpaired) electrons. The number of rotatable bonds is 22. The average molecular weight is 1430 g/mol. The Kier molecular flexibility index (Phi) is 21.4. The zero-order valence-corrected chi connectivity index (χ0v) is 59.4. The number of benzene rings is 4. The fourth-order valence-electron chi connectivity index (χ4n) is 15.1. The number of carbonyl (C=O) groups excluding carboxylic acids is 5. The van der Waals surface area contributed by atoms with E-state index >= 15 is 13.2 Å². The number of fused-ring (bicyclic) bond motifs is 6. The number of aliphatic hydroxyl groups is 1. The Balaban J connectivity index is 0.000000240. The molecule has 5 aliphatic heterocycles. The first-order chi connectivity index (χ1) is 47.9. The summed E-state index contributed by atoms with van der Waals surface area (Å²) in [4.78, 5) is 83.2. The second kappa shape index (κ2) is 29.3. The first-order valence-electron chi connectivity index (χ1n) is 34.5. The van der Waals surface area contributed by atoms with Crippen molar-refractivity contribution in [2.75, 3.05) is 27.4 Å². The summed E-state index contributed by atoms with van der Waals surface area (Å²) in [5.41, 5.74) is 4.62. The maximum Gasteiger partial charge on any atom is 0.459 e. The van der Waals surface area contributed by atoms with Crippen molar-refractivity contribution in [3.63, 3.8) is 0 Å². The van der Waals surface area contributed by atoms with Gasteiger partial charge in [-0.2, -0.15) is 13.9 Å². The molecule has 3 saturated heterocycles. The van der Waals surface area contributed by atoms with E-state index in [-0.39, 0.29) is 77.9 Å². The van der Waals surface area contributed by atoms with Gasteiger partial charge in [-0.3, -0.25) is 33.6 Å². The Labute approximate surface area is 593 Å². The highest BCUT2D eigenvalue weighted by atomic mass is 31.2. The van der Waals surface area contributed by atoms with Crippen LogP contribution in [-0.4, -0.2) is 153 Å². The number of amides is 4. The van der Waals surface area contributed by atoms with Crippen LogP contribution in [0.1, 0.15) is 136 Å². The maximum atomic E-state index is 16.7. The minimum atomic E-state index is -4.26. The van der Waals surface area contributed by atoms with Crippen molar-refractivity contribution in [1.82, 2.24) is 40.4 Å². The Morgan fingerprint density at radius 3 is 2.16 bits per heavy atom. The van der Waals surface area contributed by atoms with E-state index in [2.05, 4.69) is 44.8 Å². The Morgan fingerprint density at radius 2 is 1.51 bits per heavy atom. The number of likely N-dealkylation sites (tertiary alicyclic amines) is 2. The molecule has 13 rings (SSSR count). The number of H-pyrrole nitrogens is 1. The molecule has 4 amide bonds. The summed E-state index contributed by atoms with van der Waals surface area (Å²) < 4.78 is 94.5. The molecule has 22 nitrogen and oxygen atoms in total. The molecule has 5 fully saturated rings. The van der Waals surface area contributed by atoms with E-state index in [0.29, 0.717) is 64.1 Å². The molecule has 26 heteroatoms. The molecular formula is C76H93F3N9O13P. The highest BCUT2D eigenvalue weighted by Gasteiger charge is 2.59. The SMILES string of the molecule is C.C=C(N[C@H](C(=O)N1[C@@H]2CC[C@@H](C2)[C@H]1C1=Nc2ccc(-c3ccc4c(c3)C(F)(F)c3cc(-c5cnc([C@@H]6CC7(CC7)CN6C(=O)[C@@H](NC(=O)OC)C(C)C)[nH]5)ccc3-4)cc2C1)C(C)C)OC.C=C1C=CN([C@@H]2O[C@H](CO[P@@](=O)(N[C@@H](C)C(=O)OC(C)C)Oc3ccccc3)[C@@H](O)[C@@]2(C)F)C(=O)C1. The van der Waals surface area contributed by atoms with Crippen LogP contribution in [0, 0.1) is 23.2 Å². The van der Waals surface area contributed by atoms with Gasteiger partial charge < -0.3 is 54.0 Å². The quantitative estimate of drug-likeness (QED) is 0.0245. The fraction of sp³-hybridized carbons (Fsp3) is 0.487. The van der Waals surface area contributed by atoms with Gasteiger partial charge in [-0.25, -0.2) is 18.7 Å². The van der Waals surface area contributed by atoms with Crippen molar-refractivity contribution < 1.29 is 74.8 Å². The van der Waals surface area contributed by atoms with Crippen LogP contribution in [0.15, 0.2) is 133 Å². The predicted molar refractivity (Wildman–Crippen MR) is 378 cm³/mol. The van der Waals surface area contributed by atoms with Crippen molar-refractivity contribution in [1.29, 1.82) is 0 Å². The van der Waals surface area contributed by atoms with Crippen molar-refractivity contribution in [2.45, 2.75) is 187 Å². The summed E-state index contributed by atoms with van der Waals surface area (Å²) >= 11 is 0. The molecule has 546 valence electrons. The summed E-state index contributed by atoms with van der Waals surface area (Å²) in [5.74, 6) is -3.21. The molecule has 102 heavy (non-hydrogen) atoms. The summed E-state index contributed by atoms with van der Waals surface area (Å²) in [6, 6.07) is 21.9. The van der Waals surface area contributed by atoms with Gasteiger partial charge in [0.05, 0.1) is 63.0 Å². The van der Waals surface area contributed by atoms with Crippen molar-refractivity contribution in [2.24, 2.45) is 28.2 Å². The van der Waals surface area contributed by atoms with Gasteiger partial charge in [-0.1, -0.05) is 90.2 Å². The summed E-state index contributed by atoms with van der Waals surface area (Å²) in [5, 5.41) is 19.0. The first kappa shape index (κ1) is 74.6. The molecule has 3 aliphatic carbocycles. The fourth-order valence-corrected chi connectivity index (χ4v) is 16.6. The summed E-state index contributed by atoms with van der Waals surface area (Å²) in [7, 11) is -1.45. The van der Waals surface area contributed by atoms with Crippen molar-refractivity contribution in [3.8, 4) is 39.3 Å². The van der Waals surface area contributed by atoms with E-state index < -0.39 is 86.6 Å². The molecule has 5 aromatic rings. The number of ether oxygens (including phenoxy) is 4. The number of hydrogen-bond donors (Lipinski definition) is 5. The minimum Gasteiger partial charge on any atom is -0.483 e. The number of esters is 1. The average Bonchev–Trinajstić information content (AvgIpc) is 1.59. The highest BCUT2D eigenvalue weighted by molar-refractivity contribution is 7.52. The number of para-hydroxylation sites is 1. The van der Waals surface area contributed by atoms with E-state index in [1.165, 1.54) is 39.5 Å². The Hall–Kier alpha value is -8.61. The standard InChI is InChI=1S/C51H57F2N7O5.C24H32FN2O8P.CH4/c1-26(2)43(58-49(63)65-7)47(61)59-25-50(16-17-50)23-42(59)46-54-24-41(57-46)31-10-14-36-35-13-9-30(20-37(35)51(52,53)38(36)21-31)29-11-15-39-33(18-29)22-40(56-39)45-32-8-12-34(19-32)60(45)48(62)44(27(3)4)55-28(5)64-6;1-15(2)33-22(30)17(4)26-36(31,35-18-9-7-6-8-10-18)32-14-19-21(29)24(5,25)23(34-19)27-12-11-16(3)13-20(27)28;/h9-11,13-15,18,20-21,24,26-27,32,34,42-45,55H,5,8,12,16-17,19,22-23,25H2,1-4,6-7H3,(H,54,57)(H,58,63);6-12,15,17,19,21,23,29H,3,13-14H2,1-2,4-5H3,(H,26,31);1H4/t32-,34+,42-,43-,44-,45-;17-,19+,21+,23+,24+,36-;/m00./s1. The molecule has 2 bridgehead atoms. The number of imidazole rings is 1. The Morgan fingerprint density at radius 1 is 0.853 bits per heavy atom. The lowest BCUT2D eigenvalue weighted by Gasteiger charge is -2.39. The zero-order valence-electron chi connectivity index (χ0n) is 58.5. The van der Waals surface area contributed by atoms with Gasteiger partial charge in [0.25, 0.3) is 5.92 Å². The number of alkyl halides is 3. The number of nitrogens with one attached hydrogen (secondary N) is 4. The third-order valence-electron chi connectivity index (χ3n) is 20.6. The van der Waals surface area contributed by atoms with Crippen LogP contribution >= 0.6 is 7.75 Å². The van der Waals surface area contributed by atoms with Crippen LogP contribution < -0.4 is 20.2 Å². The predicted octanol–water partition coefficient (Wildman–Crippen LogP) is 12.9. The largest absolute Gasteiger partial charge is 0.483 e. The number of piperidine rings is 1. The highest BCUT2D eigenvalue weighted by Crippen LogP contribution is 2.59. The third kappa shape index (κ3) is 14.8. The molecule has 0 unspecified atom stereocenters. The van der Waals surface area contributed by atoms with Crippen LogP contribution in [-0.2, 0) is 59.6 Å². The number of aliphatic imine (C=N–C) groups is 1. The number of hydrogen-bond acceptors (Lipinski definition) is 16. The second-order valence-electron chi connectivity index (χ2n) is 29.0. The van der Waals surface area contributed by atoms with E-state index in [0.717, 1.165) is 72.9 Å². The van der Waals surface area contributed by atoms with E-state index in [1.807, 2.05) is 56.9 Å². The number of aromatic amines is 1. The van der Waals surface area contributed by atoms with E-state index in [9.17, 15) is 33.6 Å². The van der Waals surface area contributed by atoms with Gasteiger partial charge >= 0.3 is 19.8 Å². The molecule has 5 N–H and O–H groups in total. The Bertz CT molecular complexity index is 4180. The lowest BCUT2D eigenvalue weighted by Crippen LogP contribution is -2.56.